The van der Waals surface area contributed by atoms with E-state index in [2.05, 4.69) is 15.5 Å². The van der Waals surface area contributed by atoms with Gasteiger partial charge in [-0.2, -0.15) is 5.10 Å². The van der Waals surface area contributed by atoms with Crippen LogP contribution in [0.3, 0.4) is 0 Å². The summed E-state index contributed by atoms with van der Waals surface area (Å²) in [5.74, 6) is 1.98. The molecule has 3 heterocycles. The average Bonchev–Trinajstić information content (AvgIpc) is 3.54. The Labute approximate surface area is 185 Å². The molecule has 0 spiro atoms. The van der Waals surface area contributed by atoms with E-state index in [9.17, 15) is 9.59 Å². The van der Waals surface area contributed by atoms with Crippen molar-refractivity contribution in [3.05, 3.63) is 65.9 Å². The van der Waals surface area contributed by atoms with Crippen molar-refractivity contribution in [3.8, 4) is 11.5 Å². The minimum atomic E-state index is -0.257. The minimum absolute atomic E-state index is 0.00103. The molecule has 2 N–H and O–H groups in total. The SMILES string of the molecule is COc1ccc(OCC(=O)N2CCC(c3cc(C(=O)NCc4ccco4)n[nH]3)CC2)cc1. The van der Waals surface area contributed by atoms with Gasteiger partial charge in [0.1, 0.15) is 23.0 Å². The molecule has 1 aliphatic rings. The fourth-order valence-corrected chi connectivity index (χ4v) is 3.68. The molecule has 2 amide bonds. The number of hydrogen-bond acceptors (Lipinski definition) is 6. The number of aromatic amines is 1. The zero-order chi connectivity index (χ0) is 22.3. The fourth-order valence-electron chi connectivity index (χ4n) is 3.68. The lowest BCUT2D eigenvalue weighted by atomic mass is 9.93. The first kappa shape index (κ1) is 21.5. The lowest BCUT2D eigenvalue weighted by Crippen LogP contribution is -2.40. The first-order valence-electron chi connectivity index (χ1n) is 10.5. The zero-order valence-corrected chi connectivity index (χ0v) is 17.9. The highest BCUT2D eigenvalue weighted by Gasteiger charge is 2.26. The Balaban J connectivity index is 1.22. The zero-order valence-electron chi connectivity index (χ0n) is 17.9. The van der Waals surface area contributed by atoms with Gasteiger partial charge in [-0.1, -0.05) is 0 Å². The van der Waals surface area contributed by atoms with Crippen molar-refractivity contribution < 1.29 is 23.5 Å². The number of methoxy groups -OCH3 is 1. The van der Waals surface area contributed by atoms with Crippen molar-refractivity contribution in [1.29, 1.82) is 0 Å². The van der Waals surface area contributed by atoms with Crippen LogP contribution in [0.4, 0.5) is 0 Å². The molecule has 0 saturated carbocycles. The Kier molecular flexibility index (Phi) is 6.74. The molecule has 1 saturated heterocycles. The molecule has 2 aromatic heterocycles. The van der Waals surface area contributed by atoms with Crippen molar-refractivity contribution in [3.63, 3.8) is 0 Å². The predicted octanol–water partition coefficient (Wildman–Crippen LogP) is 2.73. The van der Waals surface area contributed by atoms with Crippen LogP contribution in [0.15, 0.2) is 53.1 Å². The van der Waals surface area contributed by atoms with Crippen LogP contribution >= 0.6 is 0 Å². The normalized spacial score (nSPS) is 14.2. The molecule has 0 unspecified atom stereocenters. The highest BCUT2D eigenvalue weighted by atomic mass is 16.5. The van der Waals surface area contributed by atoms with Gasteiger partial charge in [0.2, 0.25) is 0 Å². The Morgan fingerprint density at radius 2 is 1.94 bits per heavy atom. The van der Waals surface area contributed by atoms with E-state index in [4.69, 9.17) is 13.9 Å². The van der Waals surface area contributed by atoms with Gasteiger partial charge in [-0.05, 0) is 55.3 Å². The lowest BCUT2D eigenvalue weighted by Gasteiger charge is -2.31. The number of carbonyl (C=O) groups is 2. The highest BCUT2D eigenvalue weighted by molar-refractivity contribution is 5.92. The number of ether oxygens (including phenoxy) is 2. The van der Waals surface area contributed by atoms with Gasteiger partial charge in [0.05, 0.1) is 19.9 Å². The number of hydrogen-bond donors (Lipinski definition) is 2. The van der Waals surface area contributed by atoms with Crippen LogP contribution in [-0.4, -0.2) is 53.7 Å². The number of rotatable bonds is 8. The van der Waals surface area contributed by atoms with Crippen LogP contribution in [0.25, 0.3) is 0 Å². The summed E-state index contributed by atoms with van der Waals surface area (Å²) in [6, 6.07) is 12.5. The summed E-state index contributed by atoms with van der Waals surface area (Å²) < 4.78 is 15.9. The van der Waals surface area contributed by atoms with Crippen LogP contribution in [0.2, 0.25) is 0 Å². The van der Waals surface area contributed by atoms with Gasteiger partial charge in [0.25, 0.3) is 11.8 Å². The summed E-state index contributed by atoms with van der Waals surface area (Å²) in [5.41, 5.74) is 1.26. The van der Waals surface area contributed by atoms with E-state index in [1.165, 1.54) is 0 Å². The van der Waals surface area contributed by atoms with Crippen molar-refractivity contribution in [2.45, 2.75) is 25.3 Å². The van der Waals surface area contributed by atoms with Crippen molar-refractivity contribution >= 4 is 11.8 Å². The molecule has 0 aliphatic carbocycles. The van der Waals surface area contributed by atoms with E-state index in [0.717, 1.165) is 24.3 Å². The van der Waals surface area contributed by atoms with E-state index in [-0.39, 0.29) is 24.3 Å². The Bertz CT molecular complexity index is 1020. The summed E-state index contributed by atoms with van der Waals surface area (Å²) >= 11 is 0. The molecule has 4 rings (SSSR count). The molecule has 1 aliphatic heterocycles. The lowest BCUT2D eigenvalue weighted by molar-refractivity contribution is -0.134. The quantitative estimate of drug-likeness (QED) is 0.560. The van der Waals surface area contributed by atoms with Gasteiger partial charge in [-0.25, -0.2) is 0 Å². The van der Waals surface area contributed by atoms with Crippen LogP contribution in [0.5, 0.6) is 11.5 Å². The second-order valence-corrected chi connectivity index (χ2v) is 7.59. The van der Waals surface area contributed by atoms with Gasteiger partial charge in [-0.15, -0.1) is 0 Å². The second-order valence-electron chi connectivity index (χ2n) is 7.59. The van der Waals surface area contributed by atoms with Crippen molar-refractivity contribution in [2.75, 3.05) is 26.8 Å². The number of H-pyrrole nitrogens is 1. The van der Waals surface area contributed by atoms with Gasteiger partial charge in [0, 0.05) is 24.7 Å². The Morgan fingerprint density at radius 1 is 1.19 bits per heavy atom. The second kappa shape index (κ2) is 10.0. The smallest absolute Gasteiger partial charge is 0.272 e. The van der Waals surface area contributed by atoms with Crippen LogP contribution in [0, 0.1) is 0 Å². The number of likely N-dealkylation sites (tertiary alicyclic amines) is 1. The van der Waals surface area contributed by atoms with Crippen molar-refractivity contribution in [1.82, 2.24) is 20.4 Å². The first-order chi connectivity index (χ1) is 15.6. The van der Waals surface area contributed by atoms with Gasteiger partial charge < -0.3 is 24.1 Å². The molecule has 9 heteroatoms. The van der Waals surface area contributed by atoms with Crippen molar-refractivity contribution in [2.24, 2.45) is 0 Å². The maximum atomic E-state index is 12.5. The summed E-state index contributed by atoms with van der Waals surface area (Å²) in [5, 5.41) is 9.91. The fraction of sp³-hybridized carbons (Fsp3) is 0.348. The molecule has 0 atom stereocenters. The number of carbonyl (C=O) groups excluding carboxylic acids is 2. The third-order valence-electron chi connectivity index (χ3n) is 5.54. The third-order valence-corrected chi connectivity index (χ3v) is 5.54. The topological polar surface area (TPSA) is 110 Å². The van der Waals surface area contributed by atoms with E-state index < -0.39 is 0 Å². The molecule has 168 valence electrons. The number of benzene rings is 1. The van der Waals surface area contributed by atoms with E-state index in [1.54, 1.807) is 55.8 Å². The summed E-state index contributed by atoms with van der Waals surface area (Å²) in [6.07, 6.45) is 3.16. The summed E-state index contributed by atoms with van der Waals surface area (Å²) in [4.78, 5) is 26.6. The van der Waals surface area contributed by atoms with Gasteiger partial charge in [-0.3, -0.25) is 14.7 Å². The van der Waals surface area contributed by atoms with Gasteiger partial charge in [0.15, 0.2) is 6.61 Å². The minimum Gasteiger partial charge on any atom is -0.497 e. The number of piperidine rings is 1. The van der Waals surface area contributed by atoms with Crippen LogP contribution < -0.4 is 14.8 Å². The van der Waals surface area contributed by atoms with Crippen LogP contribution in [-0.2, 0) is 11.3 Å². The molecule has 1 aromatic carbocycles. The number of nitrogens with zero attached hydrogens (tertiary/aromatic N) is 2. The predicted molar refractivity (Wildman–Crippen MR) is 116 cm³/mol. The summed E-state index contributed by atoms with van der Waals surface area (Å²) in [7, 11) is 1.60. The number of nitrogens with one attached hydrogen (secondary N) is 2. The first-order valence-corrected chi connectivity index (χ1v) is 10.5. The highest BCUT2D eigenvalue weighted by Crippen LogP contribution is 2.27. The number of aromatic nitrogens is 2. The van der Waals surface area contributed by atoms with E-state index in [1.807, 2.05) is 4.90 Å². The number of amides is 2. The average molecular weight is 438 g/mol. The van der Waals surface area contributed by atoms with Gasteiger partial charge >= 0.3 is 0 Å². The third kappa shape index (κ3) is 5.29. The number of furan rings is 1. The maximum absolute atomic E-state index is 12.5. The monoisotopic (exact) mass is 438 g/mol. The summed E-state index contributed by atoms with van der Waals surface area (Å²) in [6.45, 7) is 1.58. The molecular formula is C23H26N4O5. The Hall–Kier alpha value is -3.75. The molecule has 32 heavy (non-hydrogen) atoms. The molecule has 0 bridgehead atoms. The Morgan fingerprint density at radius 3 is 2.62 bits per heavy atom. The molecule has 9 nitrogen and oxygen atoms in total. The van der Waals surface area contributed by atoms with Crippen LogP contribution in [0.1, 0.15) is 40.7 Å². The standard InChI is InChI=1S/C23H26N4O5/c1-30-17-4-6-18(7-5-17)32-15-22(28)27-10-8-16(9-11-27)20-13-21(26-25-20)23(29)24-14-19-3-2-12-31-19/h2-7,12-13,16H,8-11,14-15H2,1H3,(H,24,29)(H,25,26). The molecule has 1 fully saturated rings. The maximum Gasteiger partial charge on any atom is 0.272 e. The molecule has 0 radical (unpaired) electrons. The van der Waals surface area contributed by atoms with E-state index in [0.29, 0.717) is 36.8 Å². The molecular weight excluding hydrogens is 412 g/mol. The van der Waals surface area contributed by atoms with E-state index >= 15 is 0 Å². The molecule has 3 aromatic rings. The largest absolute Gasteiger partial charge is 0.497 e.